The lowest BCUT2D eigenvalue weighted by Gasteiger charge is -2.20. The van der Waals surface area contributed by atoms with Crippen LogP contribution in [0.4, 0.5) is 13.2 Å². The average molecular weight is 302 g/mol. The van der Waals surface area contributed by atoms with Gasteiger partial charge >= 0.3 is 12.1 Å². The molecule has 0 spiro atoms. The molecule has 2 heterocycles. The number of rotatable bonds is 3. The highest BCUT2D eigenvalue weighted by Gasteiger charge is 2.44. The summed E-state index contributed by atoms with van der Waals surface area (Å²) in [5.41, 5.74) is 1.49. The maximum absolute atomic E-state index is 13.0. The van der Waals surface area contributed by atoms with E-state index >= 15 is 0 Å². The van der Waals surface area contributed by atoms with E-state index in [0.717, 1.165) is 17.5 Å². The Labute approximate surface area is 116 Å². The molecule has 0 aliphatic heterocycles. The summed E-state index contributed by atoms with van der Waals surface area (Å²) in [7, 11) is 0. The molecule has 0 saturated carbocycles. The number of thiazole rings is 1. The molecule has 0 N–H and O–H groups in total. The van der Waals surface area contributed by atoms with Crippen LogP contribution in [0.3, 0.4) is 0 Å². The fraction of sp³-hybridized carbons (Fsp3) is 0.250. The highest BCUT2D eigenvalue weighted by atomic mass is 32.1. The van der Waals surface area contributed by atoms with Gasteiger partial charge in [0.15, 0.2) is 0 Å². The topological polar surface area (TPSA) is 52.1 Å². The number of aromatic nitrogens is 2. The van der Waals surface area contributed by atoms with Gasteiger partial charge in [0.1, 0.15) is 4.88 Å². The molecule has 0 amide bonds. The molecule has 20 heavy (non-hydrogen) atoms. The second-order valence-corrected chi connectivity index (χ2v) is 4.73. The molecule has 2 rings (SSSR count). The van der Waals surface area contributed by atoms with E-state index < -0.39 is 18.2 Å². The van der Waals surface area contributed by atoms with E-state index in [2.05, 4.69) is 14.7 Å². The molecule has 2 aromatic heterocycles. The summed E-state index contributed by atoms with van der Waals surface area (Å²) in [6, 6.07) is 2.55. The molecule has 106 valence electrons. The highest BCUT2D eigenvalue weighted by molar-refractivity contribution is 7.11. The number of halogens is 3. The van der Waals surface area contributed by atoms with Crippen LogP contribution < -0.4 is 0 Å². The summed E-state index contributed by atoms with van der Waals surface area (Å²) >= 11 is 0.937. The van der Waals surface area contributed by atoms with Crippen LogP contribution >= 0.6 is 11.3 Å². The zero-order valence-corrected chi connectivity index (χ0v) is 11.0. The van der Waals surface area contributed by atoms with Crippen LogP contribution in [-0.2, 0) is 4.74 Å². The third-order valence-corrected chi connectivity index (χ3v) is 3.35. The van der Waals surface area contributed by atoms with Gasteiger partial charge in [-0.25, -0.2) is 9.78 Å². The summed E-state index contributed by atoms with van der Waals surface area (Å²) < 4.78 is 43.6. The van der Waals surface area contributed by atoms with Crippen molar-refractivity contribution in [2.75, 3.05) is 0 Å². The lowest BCUT2D eigenvalue weighted by molar-refractivity contribution is -0.207. The molecule has 8 heteroatoms. The van der Waals surface area contributed by atoms with E-state index in [1.807, 2.05) is 0 Å². The summed E-state index contributed by atoms with van der Waals surface area (Å²) in [6.45, 7) is 1.53. The Morgan fingerprint density at radius 3 is 2.70 bits per heavy atom. The van der Waals surface area contributed by atoms with Crippen molar-refractivity contribution in [3.63, 3.8) is 0 Å². The molecule has 0 radical (unpaired) electrons. The predicted molar refractivity (Wildman–Crippen MR) is 65.3 cm³/mol. The molecule has 0 bridgehead atoms. The van der Waals surface area contributed by atoms with E-state index in [9.17, 15) is 18.0 Å². The molecule has 0 aliphatic carbocycles. The largest absolute Gasteiger partial charge is 0.443 e. The number of nitrogens with zero attached hydrogens (tertiary/aromatic N) is 2. The van der Waals surface area contributed by atoms with Crippen LogP contribution in [0.1, 0.15) is 27.0 Å². The number of esters is 1. The minimum atomic E-state index is -4.71. The van der Waals surface area contributed by atoms with Crippen LogP contribution in [-0.4, -0.2) is 22.1 Å². The van der Waals surface area contributed by atoms with Crippen molar-refractivity contribution in [1.29, 1.82) is 0 Å². The Bertz CT molecular complexity index is 598. The number of pyridine rings is 1. The van der Waals surface area contributed by atoms with Crippen molar-refractivity contribution < 1.29 is 22.7 Å². The molecule has 4 nitrogen and oxygen atoms in total. The molecule has 0 fully saturated rings. The molecule has 0 aromatic carbocycles. The van der Waals surface area contributed by atoms with Crippen molar-refractivity contribution in [1.82, 2.24) is 9.97 Å². The summed E-state index contributed by atoms with van der Waals surface area (Å²) in [5, 5.41) is 0. The van der Waals surface area contributed by atoms with Crippen molar-refractivity contribution in [3.05, 3.63) is 46.2 Å². The third-order valence-electron chi connectivity index (χ3n) is 2.44. The van der Waals surface area contributed by atoms with Gasteiger partial charge in [-0.15, -0.1) is 11.3 Å². The van der Waals surface area contributed by atoms with E-state index in [-0.39, 0.29) is 10.4 Å². The fourth-order valence-electron chi connectivity index (χ4n) is 1.51. The summed E-state index contributed by atoms with van der Waals surface area (Å²) in [6.07, 6.45) is -4.70. The normalized spacial score (nSPS) is 13.0. The van der Waals surface area contributed by atoms with E-state index in [4.69, 9.17) is 0 Å². The van der Waals surface area contributed by atoms with Crippen LogP contribution in [0.2, 0.25) is 0 Å². The Hall–Kier alpha value is -1.96. The molecular weight excluding hydrogens is 293 g/mol. The maximum Gasteiger partial charge on any atom is 0.429 e. The average Bonchev–Trinajstić information content (AvgIpc) is 2.82. The Balaban J connectivity index is 2.26. The van der Waals surface area contributed by atoms with E-state index in [1.54, 1.807) is 0 Å². The van der Waals surface area contributed by atoms with Crippen LogP contribution in [0.5, 0.6) is 0 Å². The number of alkyl halides is 3. The SMILES string of the molecule is Cc1ncsc1C(=O)O[C@H](c1cccnc1)C(F)(F)F. The van der Waals surface area contributed by atoms with Gasteiger partial charge in [0.2, 0.25) is 6.10 Å². The Morgan fingerprint density at radius 2 is 2.20 bits per heavy atom. The fourth-order valence-corrected chi connectivity index (χ4v) is 2.20. The number of ether oxygens (including phenoxy) is 1. The quantitative estimate of drug-likeness (QED) is 0.816. The van der Waals surface area contributed by atoms with Gasteiger partial charge in [0.05, 0.1) is 11.2 Å². The zero-order valence-electron chi connectivity index (χ0n) is 10.2. The minimum absolute atomic E-state index is 0.0585. The van der Waals surface area contributed by atoms with Gasteiger partial charge in [0, 0.05) is 18.0 Å². The molecule has 0 saturated heterocycles. The number of carbonyl (C=O) groups is 1. The number of aryl methyl sites for hydroxylation is 1. The summed E-state index contributed by atoms with van der Waals surface area (Å²) in [4.78, 5) is 19.3. The van der Waals surface area contributed by atoms with E-state index in [1.165, 1.54) is 30.8 Å². The monoisotopic (exact) mass is 302 g/mol. The smallest absolute Gasteiger partial charge is 0.429 e. The van der Waals surface area contributed by atoms with Gasteiger partial charge in [-0.1, -0.05) is 6.07 Å². The van der Waals surface area contributed by atoms with Crippen molar-refractivity contribution in [2.45, 2.75) is 19.2 Å². The van der Waals surface area contributed by atoms with Crippen molar-refractivity contribution in [3.8, 4) is 0 Å². The predicted octanol–water partition coefficient (Wildman–Crippen LogP) is 3.31. The van der Waals surface area contributed by atoms with Gasteiger partial charge < -0.3 is 4.74 Å². The lowest BCUT2D eigenvalue weighted by atomic mass is 10.1. The van der Waals surface area contributed by atoms with E-state index in [0.29, 0.717) is 5.69 Å². The van der Waals surface area contributed by atoms with Crippen LogP contribution in [0, 0.1) is 6.92 Å². The van der Waals surface area contributed by atoms with Crippen molar-refractivity contribution in [2.24, 2.45) is 0 Å². The first-order valence-corrected chi connectivity index (χ1v) is 6.35. The second-order valence-electron chi connectivity index (χ2n) is 3.88. The van der Waals surface area contributed by atoms with Crippen LogP contribution in [0.25, 0.3) is 0 Å². The Morgan fingerprint density at radius 1 is 1.45 bits per heavy atom. The molecular formula is C12H9F3N2O2S. The van der Waals surface area contributed by atoms with Crippen molar-refractivity contribution >= 4 is 17.3 Å². The summed E-state index contributed by atoms with van der Waals surface area (Å²) in [5.74, 6) is -1.05. The zero-order chi connectivity index (χ0) is 14.8. The van der Waals surface area contributed by atoms with Gasteiger partial charge in [-0.2, -0.15) is 13.2 Å². The molecule has 2 aromatic rings. The maximum atomic E-state index is 13.0. The number of carbonyl (C=O) groups excluding carboxylic acids is 1. The first-order chi connectivity index (χ1) is 9.39. The second kappa shape index (κ2) is 5.58. The molecule has 1 atom stereocenters. The highest BCUT2D eigenvalue weighted by Crippen LogP contribution is 2.36. The van der Waals surface area contributed by atoms with Gasteiger partial charge in [0.25, 0.3) is 0 Å². The minimum Gasteiger partial charge on any atom is -0.443 e. The van der Waals surface area contributed by atoms with Gasteiger partial charge in [-0.05, 0) is 13.0 Å². The Kier molecular flexibility index (Phi) is 4.03. The standard InChI is InChI=1S/C12H9F3N2O2S/c1-7-9(20-6-17-7)11(18)19-10(12(13,14)15)8-3-2-4-16-5-8/h2-6,10H,1H3/t10-/m1/s1. The molecule has 0 unspecified atom stereocenters. The first kappa shape index (κ1) is 14.4. The van der Waals surface area contributed by atoms with Crippen LogP contribution in [0.15, 0.2) is 30.0 Å². The number of hydrogen-bond acceptors (Lipinski definition) is 5. The lowest BCUT2D eigenvalue weighted by Crippen LogP contribution is -2.26. The molecule has 0 aliphatic rings. The van der Waals surface area contributed by atoms with Gasteiger partial charge in [-0.3, -0.25) is 4.98 Å². The first-order valence-electron chi connectivity index (χ1n) is 5.47. The number of hydrogen-bond donors (Lipinski definition) is 0. The third kappa shape index (κ3) is 3.13.